The second-order valence-corrected chi connectivity index (χ2v) is 4.15. The second kappa shape index (κ2) is 7.30. The Morgan fingerprint density at radius 1 is 1.05 bits per heavy atom. The maximum Gasteiger partial charge on any atom is 0.158 e. The number of hydrogen-bond donors (Lipinski definition) is 2. The minimum absolute atomic E-state index is 0.354. The molecule has 0 bridgehead atoms. The first-order chi connectivity index (χ1) is 9.81. The monoisotopic (exact) mass is 274 g/mol. The van der Waals surface area contributed by atoms with E-state index in [1.807, 2.05) is 24.3 Å². The van der Waals surface area contributed by atoms with Gasteiger partial charge >= 0.3 is 0 Å². The molecule has 0 aliphatic rings. The van der Waals surface area contributed by atoms with E-state index in [1.54, 1.807) is 12.4 Å². The Labute approximate surface area is 117 Å². The van der Waals surface area contributed by atoms with Gasteiger partial charge in [0, 0.05) is 0 Å². The number of nitrogens with zero attached hydrogens (tertiary/aromatic N) is 2. The van der Waals surface area contributed by atoms with Crippen LogP contribution in [0.2, 0.25) is 0 Å². The lowest BCUT2D eigenvalue weighted by molar-refractivity contribution is 0.297. The van der Waals surface area contributed by atoms with Crippen molar-refractivity contribution >= 4 is 5.82 Å². The molecule has 2 rings (SSSR count). The van der Waals surface area contributed by atoms with Crippen LogP contribution < -0.4 is 20.7 Å². The average Bonchev–Trinajstić information content (AvgIpc) is 2.52. The van der Waals surface area contributed by atoms with Gasteiger partial charge in [-0.3, -0.25) is 4.98 Å². The molecule has 0 saturated heterocycles. The number of nitrogen functional groups attached to an aromatic ring is 1. The predicted octanol–water partition coefficient (Wildman–Crippen LogP) is 2.13. The molecule has 0 aliphatic carbocycles. The summed E-state index contributed by atoms with van der Waals surface area (Å²) in [5, 5.41) is 0. The number of aromatic nitrogens is 2. The van der Waals surface area contributed by atoms with Gasteiger partial charge in [-0.05, 0) is 30.7 Å². The largest absolute Gasteiger partial charge is 0.494 e. The Morgan fingerprint density at radius 3 is 2.30 bits per heavy atom. The summed E-state index contributed by atoms with van der Waals surface area (Å²) in [5.74, 6) is 7.34. The highest BCUT2D eigenvalue weighted by Crippen LogP contribution is 2.18. The first kappa shape index (κ1) is 14.1. The van der Waals surface area contributed by atoms with E-state index >= 15 is 0 Å². The van der Waals surface area contributed by atoms with E-state index < -0.39 is 0 Å². The van der Waals surface area contributed by atoms with Gasteiger partial charge in [0.05, 0.1) is 24.7 Å². The zero-order valence-electron chi connectivity index (χ0n) is 11.4. The summed E-state index contributed by atoms with van der Waals surface area (Å²) < 4.78 is 11.1. The van der Waals surface area contributed by atoms with Crippen LogP contribution in [0.4, 0.5) is 5.82 Å². The van der Waals surface area contributed by atoms with Crippen LogP contribution >= 0.6 is 0 Å². The van der Waals surface area contributed by atoms with Crippen LogP contribution in [0.1, 0.15) is 19.0 Å². The number of ether oxygens (including phenoxy) is 2. The minimum Gasteiger partial charge on any atom is -0.494 e. The molecule has 1 heterocycles. The van der Waals surface area contributed by atoms with Crippen molar-refractivity contribution in [2.45, 2.75) is 20.0 Å². The van der Waals surface area contributed by atoms with Gasteiger partial charge in [-0.2, -0.15) is 0 Å². The Balaban J connectivity index is 1.86. The third kappa shape index (κ3) is 4.10. The fraction of sp³-hybridized carbons (Fsp3) is 0.286. The van der Waals surface area contributed by atoms with Crippen LogP contribution in [-0.4, -0.2) is 16.6 Å². The predicted molar refractivity (Wildman–Crippen MR) is 76.4 cm³/mol. The maximum atomic E-state index is 5.62. The van der Waals surface area contributed by atoms with Crippen molar-refractivity contribution < 1.29 is 9.47 Å². The van der Waals surface area contributed by atoms with Crippen molar-refractivity contribution in [3.05, 3.63) is 42.4 Å². The zero-order valence-corrected chi connectivity index (χ0v) is 11.4. The molecule has 0 atom stereocenters. The zero-order chi connectivity index (χ0) is 14.2. The van der Waals surface area contributed by atoms with Crippen LogP contribution in [0.3, 0.4) is 0 Å². The average molecular weight is 274 g/mol. The second-order valence-electron chi connectivity index (χ2n) is 4.15. The molecule has 0 fully saturated rings. The molecule has 0 spiro atoms. The van der Waals surface area contributed by atoms with Gasteiger partial charge in [0.25, 0.3) is 0 Å². The molecule has 0 amide bonds. The highest BCUT2D eigenvalue weighted by atomic mass is 16.5. The summed E-state index contributed by atoms with van der Waals surface area (Å²) in [6.07, 6.45) is 4.17. The molecular weight excluding hydrogens is 256 g/mol. The normalized spacial score (nSPS) is 10.1. The smallest absolute Gasteiger partial charge is 0.158 e. The number of nitrogens with one attached hydrogen (secondary N) is 1. The molecule has 20 heavy (non-hydrogen) atoms. The minimum atomic E-state index is 0.354. The lowest BCUT2D eigenvalue weighted by atomic mass is 10.3. The van der Waals surface area contributed by atoms with E-state index in [4.69, 9.17) is 15.3 Å². The molecule has 0 unspecified atom stereocenters. The fourth-order valence-corrected chi connectivity index (χ4v) is 1.51. The molecular formula is C14H18N4O2. The van der Waals surface area contributed by atoms with Gasteiger partial charge in [0.1, 0.15) is 18.1 Å². The molecule has 3 N–H and O–H groups in total. The lowest BCUT2D eigenvalue weighted by Gasteiger charge is -2.08. The van der Waals surface area contributed by atoms with Gasteiger partial charge < -0.3 is 14.9 Å². The Hall–Kier alpha value is -2.34. The van der Waals surface area contributed by atoms with E-state index in [0.29, 0.717) is 12.4 Å². The molecule has 6 heteroatoms. The highest BCUT2D eigenvalue weighted by Gasteiger charge is 2.00. The van der Waals surface area contributed by atoms with E-state index in [2.05, 4.69) is 22.3 Å². The number of hydrogen-bond acceptors (Lipinski definition) is 6. The molecule has 6 nitrogen and oxygen atoms in total. The molecule has 0 radical (unpaired) electrons. The van der Waals surface area contributed by atoms with Crippen molar-refractivity contribution in [2.75, 3.05) is 12.0 Å². The van der Waals surface area contributed by atoms with Crippen molar-refractivity contribution in [2.24, 2.45) is 5.84 Å². The fourth-order valence-electron chi connectivity index (χ4n) is 1.51. The molecule has 0 saturated carbocycles. The highest BCUT2D eigenvalue weighted by molar-refractivity contribution is 5.31. The maximum absolute atomic E-state index is 5.62. The number of anilines is 1. The Bertz CT molecular complexity index is 514. The summed E-state index contributed by atoms with van der Waals surface area (Å²) in [6, 6.07) is 7.51. The van der Waals surface area contributed by atoms with Crippen LogP contribution in [0.5, 0.6) is 11.5 Å². The molecule has 1 aromatic heterocycles. The van der Waals surface area contributed by atoms with Gasteiger partial charge in [-0.25, -0.2) is 10.8 Å². The Kier molecular flexibility index (Phi) is 5.14. The van der Waals surface area contributed by atoms with E-state index in [1.165, 1.54) is 0 Å². The van der Waals surface area contributed by atoms with Crippen molar-refractivity contribution in [3.8, 4) is 11.5 Å². The van der Waals surface area contributed by atoms with Crippen molar-refractivity contribution in [1.82, 2.24) is 9.97 Å². The summed E-state index contributed by atoms with van der Waals surface area (Å²) in [5.41, 5.74) is 3.15. The number of hydrazine groups is 1. The standard InChI is InChI=1S/C14H18N4O2/c1-2-7-19-12-3-5-13(6-4-12)20-10-11-8-17-14(18-15)9-16-11/h3-6,8-9H,2,7,10,15H2,1H3,(H,17,18). The first-order valence-corrected chi connectivity index (χ1v) is 6.45. The lowest BCUT2D eigenvalue weighted by Crippen LogP contribution is -2.09. The van der Waals surface area contributed by atoms with Crippen LogP contribution in [-0.2, 0) is 6.61 Å². The number of benzene rings is 1. The van der Waals surface area contributed by atoms with E-state index in [9.17, 15) is 0 Å². The number of nitrogens with two attached hydrogens (primary N) is 1. The van der Waals surface area contributed by atoms with Gasteiger partial charge in [-0.1, -0.05) is 6.92 Å². The molecule has 106 valence electrons. The van der Waals surface area contributed by atoms with Gasteiger partial charge in [-0.15, -0.1) is 0 Å². The van der Waals surface area contributed by atoms with Crippen LogP contribution in [0.25, 0.3) is 0 Å². The van der Waals surface area contributed by atoms with Gasteiger partial charge in [0.15, 0.2) is 5.82 Å². The molecule has 2 aromatic rings. The van der Waals surface area contributed by atoms with Gasteiger partial charge in [0.2, 0.25) is 0 Å². The van der Waals surface area contributed by atoms with Crippen molar-refractivity contribution in [3.63, 3.8) is 0 Å². The van der Waals surface area contributed by atoms with Crippen molar-refractivity contribution in [1.29, 1.82) is 0 Å². The molecule has 0 aliphatic heterocycles. The topological polar surface area (TPSA) is 82.3 Å². The summed E-state index contributed by atoms with van der Waals surface area (Å²) in [4.78, 5) is 8.23. The third-order valence-corrected chi connectivity index (χ3v) is 2.54. The van der Waals surface area contributed by atoms with E-state index in [-0.39, 0.29) is 0 Å². The molecule has 1 aromatic carbocycles. The summed E-state index contributed by atoms with van der Waals surface area (Å²) in [7, 11) is 0. The third-order valence-electron chi connectivity index (χ3n) is 2.54. The Morgan fingerprint density at radius 2 is 1.75 bits per heavy atom. The quantitative estimate of drug-likeness (QED) is 0.594. The van der Waals surface area contributed by atoms with Crippen LogP contribution in [0.15, 0.2) is 36.7 Å². The number of rotatable bonds is 7. The summed E-state index contributed by atoms with van der Waals surface area (Å²) in [6.45, 7) is 3.15. The first-order valence-electron chi connectivity index (χ1n) is 6.45. The SMILES string of the molecule is CCCOc1ccc(OCc2cnc(NN)cn2)cc1. The van der Waals surface area contributed by atoms with Crippen LogP contribution in [0, 0.1) is 0 Å². The van der Waals surface area contributed by atoms with E-state index in [0.717, 1.165) is 30.2 Å². The summed E-state index contributed by atoms with van der Waals surface area (Å²) >= 11 is 0.